The summed E-state index contributed by atoms with van der Waals surface area (Å²) in [5, 5.41) is 0.298. The third kappa shape index (κ3) is 6.14. The van der Waals surface area contributed by atoms with Gasteiger partial charge in [0.15, 0.2) is 24.8 Å². The zero-order valence-corrected chi connectivity index (χ0v) is 20.8. The van der Waals surface area contributed by atoms with Crippen molar-refractivity contribution < 1.29 is 26.0 Å². The summed E-state index contributed by atoms with van der Waals surface area (Å²) in [6.07, 6.45) is 0.790. The number of thiazole rings is 1. The molecule has 12 heteroatoms. The second-order valence-electron chi connectivity index (χ2n) is 7.74. The SMILES string of the molecule is CN(C)CCN(C(=O)CCS(=O)(=O)c1ccc(F)cc1)c1nc2c(S(C)(=O)=O)cccc2s1. The van der Waals surface area contributed by atoms with E-state index in [4.69, 9.17) is 0 Å². The maximum Gasteiger partial charge on any atom is 0.229 e. The van der Waals surface area contributed by atoms with Crippen molar-refractivity contribution in [2.75, 3.05) is 44.1 Å². The first kappa shape index (κ1) is 25.2. The fraction of sp³-hybridized carbons (Fsp3) is 0.333. The number of aromatic nitrogens is 1. The van der Waals surface area contributed by atoms with Gasteiger partial charge < -0.3 is 4.90 Å². The van der Waals surface area contributed by atoms with Crippen LogP contribution in [0.15, 0.2) is 52.3 Å². The number of halogens is 1. The molecule has 0 radical (unpaired) electrons. The maximum atomic E-state index is 13.1. The number of rotatable bonds is 9. The van der Waals surface area contributed by atoms with Crippen LogP contribution in [0.25, 0.3) is 10.2 Å². The Hall–Kier alpha value is -2.41. The standard InChI is InChI=1S/C21H24FN3O5S3/c1-24(2)12-13-25(19(26)11-14-33(29,30)16-9-7-15(22)8-10-16)21-23-20-17(31-21)5-4-6-18(20)32(3,27)28/h4-10H,11-14H2,1-3H3. The number of benzene rings is 2. The van der Waals surface area contributed by atoms with Gasteiger partial charge >= 0.3 is 0 Å². The monoisotopic (exact) mass is 513 g/mol. The highest BCUT2D eigenvalue weighted by Gasteiger charge is 2.25. The molecule has 8 nitrogen and oxygen atoms in total. The Kier molecular flexibility index (Phi) is 7.52. The van der Waals surface area contributed by atoms with Gasteiger partial charge in [0, 0.05) is 25.8 Å². The number of carbonyl (C=O) groups excluding carboxylic acids is 1. The van der Waals surface area contributed by atoms with Gasteiger partial charge in [-0.3, -0.25) is 9.69 Å². The van der Waals surface area contributed by atoms with E-state index < -0.39 is 37.2 Å². The molecule has 0 bridgehead atoms. The van der Waals surface area contributed by atoms with Crippen LogP contribution >= 0.6 is 11.3 Å². The number of amides is 1. The third-order valence-corrected chi connectivity index (χ3v) is 8.73. The summed E-state index contributed by atoms with van der Waals surface area (Å²) in [4.78, 5) is 20.8. The van der Waals surface area contributed by atoms with Gasteiger partial charge in [0.05, 0.1) is 20.2 Å². The summed E-state index contributed by atoms with van der Waals surface area (Å²) in [5.41, 5.74) is 0.279. The highest BCUT2D eigenvalue weighted by atomic mass is 32.2. The summed E-state index contributed by atoms with van der Waals surface area (Å²) < 4.78 is 63.2. The normalized spacial score (nSPS) is 12.4. The highest BCUT2D eigenvalue weighted by molar-refractivity contribution is 7.91. The number of fused-ring (bicyclic) bond motifs is 1. The van der Waals surface area contributed by atoms with Crippen molar-refractivity contribution in [3.63, 3.8) is 0 Å². The molecule has 2 aromatic carbocycles. The van der Waals surface area contributed by atoms with Gasteiger partial charge in [-0.15, -0.1) is 0 Å². The lowest BCUT2D eigenvalue weighted by Gasteiger charge is -2.22. The Bertz CT molecular complexity index is 1370. The lowest BCUT2D eigenvalue weighted by molar-refractivity contribution is -0.118. The number of likely N-dealkylation sites (N-methyl/N-ethyl adjacent to an activating group) is 1. The number of hydrogen-bond donors (Lipinski definition) is 0. The van der Waals surface area contributed by atoms with E-state index in [1.54, 1.807) is 12.1 Å². The van der Waals surface area contributed by atoms with Gasteiger partial charge in [-0.1, -0.05) is 17.4 Å². The molecule has 1 amide bonds. The topological polar surface area (TPSA) is 105 Å². The van der Waals surface area contributed by atoms with Crippen LogP contribution in [0.4, 0.5) is 9.52 Å². The Morgan fingerprint density at radius 1 is 1.03 bits per heavy atom. The first-order valence-electron chi connectivity index (χ1n) is 9.91. The predicted octanol–water partition coefficient (Wildman–Crippen LogP) is 2.60. The molecular formula is C21H24FN3O5S3. The van der Waals surface area contributed by atoms with Crippen LogP contribution in [0.3, 0.4) is 0 Å². The molecule has 0 spiro atoms. The molecule has 1 aromatic heterocycles. The van der Waals surface area contributed by atoms with E-state index >= 15 is 0 Å². The fourth-order valence-electron chi connectivity index (χ4n) is 3.07. The molecule has 1 heterocycles. The van der Waals surface area contributed by atoms with Gasteiger partial charge in [-0.25, -0.2) is 26.2 Å². The van der Waals surface area contributed by atoms with Crippen molar-refractivity contribution in [2.45, 2.75) is 16.2 Å². The molecule has 0 aliphatic carbocycles. The molecule has 0 aliphatic rings. The molecule has 0 saturated heterocycles. The minimum absolute atomic E-state index is 0.0608. The second kappa shape index (κ2) is 9.84. The summed E-state index contributed by atoms with van der Waals surface area (Å²) in [7, 11) is -3.65. The number of hydrogen-bond acceptors (Lipinski definition) is 8. The van der Waals surface area contributed by atoms with Gasteiger partial charge in [0.25, 0.3) is 0 Å². The zero-order valence-electron chi connectivity index (χ0n) is 18.4. The summed E-state index contributed by atoms with van der Waals surface area (Å²) in [5.74, 6) is -1.46. The van der Waals surface area contributed by atoms with Crippen LogP contribution in [0.1, 0.15) is 6.42 Å². The Morgan fingerprint density at radius 2 is 1.70 bits per heavy atom. The van der Waals surface area contributed by atoms with Gasteiger partial charge in [-0.2, -0.15) is 0 Å². The minimum atomic E-state index is -3.79. The van der Waals surface area contributed by atoms with Gasteiger partial charge in [-0.05, 0) is 50.5 Å². The summed E-state index contributed by atoms with van der Waals surface area (Å²) >= 11 is 1.17. The highest BCUT2D eigenvalue weighted by Crippen LogP contribution is 2.33. The van der Waals surface area contributed by atoms with E-state index in [9.17, 15) is 26.0 Å². The number of para-hydroxylation sites is 1. The minimum Gasteiger partial charge on any atom is -0.308 e. The molecule has 0 atom stereocenters. The van der Waals surface area contributed by atoms with Crippen LogP contribution in [0.2, 0.25) is 0 Å². The lowest BCUT2D eigenvalue weighted by atomic mass is 10.3. The molecule has 0 N–H and O–H groups in total. The van der Waals surface area contributed by atoms with E-state index in [-0.39, 0.29) is 28.3 Å². The van der Waals surface area contributed by atoms with E-state index in [0.717, 1.165) is 18.4 Å². The van der Waals surface area contributed by atoms with Crippen molar-refractivity contribution in [1.82, 2.24) is 9.88 Å². The zero-order chi connectivity index (χ0) is 24.4. The molecule has 178 valence electrons. The molecule has 0 fully saturated rings. The van der Waals surface area contributed by atoms with Crippen molar-refractivity contribution in [3.05, 3.63) is 48.3 Å². The van der Waals surface area contributed by atoms with Gasteiger partial charge in [0.1, 0.15) is 11.3 Å². The number of carbonyl (C=O) groups is 1. The third-order valence-electron chi connectivity index (χ3n) is 4.83. The summed E-state index contributed by atoms with van der Waals surface area (Å²) in [6, 6.07) is 9.23. The van der Waals surface area contributed by atoms with Crippen molar-refractivity contribution in [3.8, 4) is 0 Å². The average Bonchev–Trinajstić information content (AvgIpc) is 3.15. The van der Waals surface area contributed by atoms with Crippen LogP contribution < -0.4 is 4.90 Å². The molecule has 0 saturated carbocycles. The number of anilines is 1. The first-order valence-corrected chi connectivity index (χ1v) is 14.3. The number of nitrogens with zero attached hydrogens (tertiary/aromatic N) is 3. The average molecular weight is 514 g/mol. The van der Waals surface area contributed by atoms with Crippen LogP contribution in [-0.4, -0.2) is 71.8 Å². The second-order valence-corrected chi connectivity index (χ2v) is 12.8. The molecule has 0 aliphatic heterocycles. The first-order chi connectivity index (χ1) is 15.4. The van der Waals surface area contributed by atoms with E-state index in [0.29, 0.717) is 16.4 Å². The summed E-state index contributed by atoms with van der Waals surface area (Å²) in [6.45, 7) is 0.738. The molecular weight excluding hydrogens is 489 g/mol. The number of sulfone groups is 2. The molecule has 3 aromatic rings. The fourth-order valence-corrected chi connectivity index (χ4v) is 6.23. The lowest BCUT2D eigenvalue weighted by Crippen LogP contribution is -2.37. The Labute approximate surface area is 196 Å². The van der Waals surface area contributed by atoms with Crippen molar-refractivity contribution in [1.29, 1.82) is 0 Å². The van der Waals surface area contributed by atoms with Crippen LogP contribution in [0, 0.1) is 5.82 Å². The Balaban J connectivity index is 1.89. The predicted molar refractivity (Wildman–Crippen MR) is 127 cm³/mol. The largest absolute Gasteiger partial charge is 0.308 e. The quantitative estimate of drug-likeness (QED) is 0.405. The van der Waals surface area contributed by atoms with E-state index in [1.807, 2.05) is 19.0 Å². The van der Waals surface area contributed by atoms with E-state index in [1.165, 1.54) is 34.4 Å². The molecule has 3 rings (SSSR count). The smallest absolute Gasteiger partial charge is 0.229 e. The van der Waals surface area contributed by atoms with Gasteiger partial charge in [0.2, 0.25) is 5.91 Å². The van der Waals surface area contributed by atoms with Crippen LogP contribution in [0.5, 0.6) is 0 Å². The van der Waals surface area contributed by atoms with Crippen LogP contribution in [-0.2, 0) is 24.5 Å². The molecule has 33 heavy (non-hydrogen) atoms. The molecule has 0 unspecified atom stereocenters. The van der Waals surface area contributed by atoms with E-state index in [2.05, 4.69) is 4.98 Å². The van der Waals surface area contributed by atoms with Crippen molar-refractivity contribution >= 4 is 52.3 Å². The van der Waals surface area contributed by atoms with Crippen molar-refractivity contribution in [2.24, 2.45) is 0 Å². The Morgan fingerprint density at radius 3 is 2.30 bits per heavy atom. The maximum absolute atomic E-state index is 13.1.